The van der Waals surface area contributed by atoms with Gasteiger partial charge < -0.3 is 10.4 Å². The van der Waals surface area contributed by atoms with Crippen molar-refractivity contribution in [2.24, 2.45) is 0 Å². The molecule has 0 aliphatic rings. The normalized spacial score (nSPS) is 12.4. The molecule has 0 aliphatic carbocycles. The SMILES string of the molecule is Cc1nn(CC(F)=CCNC(=O)O)c(Cl)c1-c1cccc(S(=O)(=O)N(C)C)c1. The Labute approximate surface area is 167 Å². The number of carboxylic acid groups (broad SMARTS) is 1. The molecular formula is C17H20ClFN4O4S. The lowest BCUT2D eigenvalue weighted by Crippen LogP contribution is -2.22. The van der Waals surface area contributed by atoms with E-state index in [0.29, 0.717) is 16.8 Å². The molecule has 1 aromatic carbocycles. The largest absolute Gasteiger partial charge is 0.465 e. The minimum absolute atomic E-state index is 0.101. The molecule has 0 unspecified atom stereocenters. The number of nitrogens with one attached hydrogen (secondary N) is 1. The molecule has 2 N–H and O–H groups in total. The van der Waals surface area contributed by atoms with Crippen molar-refractivity contribution in [3.8, 4) is 11.1 Å². The Morgan fingerprint density at radius 1 is 1.43 bits per heavy atom. The van der Waals surface area contributed by atoms with Gasteiger partial charge in [-0.15, -0.1) is 0 Å². The first-order valence-electron chi connectivity index (χ1n) is 8.11. The fourth-order valence-corrected chi connectivity index (χ4v) is 3.76. The summed E-state index contributed by atoms with van der Waals surface area (Å²) in [5, 5.41) is 14.9. The predicted molar refractivity (Wildman–Crippen MR) is 104 cm³/mol. The quantitative estimate of drug-likeness (QED) is 0.702. The average Bonchev–Trinajstić information content (AvgIpc) is 2.88. The molecule has 0 aliphatic heterocycles. The van der Waals surface area contributed by atoms with Crippen molar-refractivity contribution in [3.63, 3.8) is 0 Å². The van der Waals surface area contributed by atoms with Crippen LogP contribution in [0.2, 0.25) is 5.15 Å². The minimum Gasteiger partial charge on any atom is -0.465 e. The van der Waals surface area contributed by atoms with Gasteiger partial charge in [-0.05, 0) is 30.7 Å². The number of aryl methyl sites for hydroxylation is 1. The molecule has 0 saturated carbocycles. The van der Waals surface area contributed by atoms with Crippen molar-refractivity contribution in [1.29, 1.82) is 0 Å². The third-order valence-corrected chi connectivity index (χ3v) is 6.04. The van der Waals surface area contributed by atoms with E-state index in [1.807, 2.05) is 5.32 Å². The van der Waals surface area contributed by atoms with Gasteiger partial charge in [0.25, 0.3) is 0 Å². The fraction of sp³-hybridized carbons (Fsp3) is 0.294. The van der Waals surface area contributed by atoms with Gasteiger partial charge in [0.05, 0.1) is 17.1 Å². The molecule has 0 fully saturated rings. The van der Waals surface area contributed by atoms with Gasteiger partial charge >= 0.3 is 6.09 Å². The minimum atomic E-state index is -3.62. The Balaban J connectivity index is 2.36. The van der Waals surface area contributed by atoms with Gasteiger partial charge in [0.15, 0.2) is 0 Å². The van der Waals surface area contributed by atoms with E-state index in [9.17, 15) is 17.6 Å². The smallest absolute Gasteiger partial charge is 0.404 e. The number of carbonyl (C=O) groups is 1. The van der Waals surface area contributed by atoms with E-state index in [4.69, 9.17) is 16.7 Å². The van der Waals surface area contributed by atoms with Gasteiger partial charge in [-0.2, -0.15) is 5.10 Å². The maximum absolute atomic E-state index is 14.0. The van der Waals surface area contributed by atoms with Gasteiger partial charge in [-0.1, -0.05) is 23.7 Å². The molecule has 28 heavy (non-hydrogen) atoms. The Morgan fingerprint density at radius 2 is 2.11 bits per heavy atom. The third-order valence-electron chi connectivity index (χ3n) is 3.84. The average molecular weight is 431 g/mol. The van der Waals surface area contributed by atoms with Crippen LogP contribution in [0.4, 0.5) is 9.18 Å². The van der Waals surface area contributed by atoms with Gasteiger partial charge in [0, 0.05) is 26.2 Å². The van der Waals surface area contributed by atoms with E-state index in [0.717, 1.165) is 10.4 Å². The van der Waals surface area contributed by atoms with Gasteiger partial charge in [-0.25, -0.2) is 26.6 Å². The van der Waals surface area contributed by atoms with Gasteiger partial charge in [0.2, 0.25) is 10.0 Å². The molecule has 2 aromatic rings. The van der Waals surface area contributed by atoms with Crippen LogP contribution >= 0.6 is 11.6 Å². The second-order valence-electron chi connectivity index (χ2n) is 6.06. The number of sulfonamides is 1. The summed E-state index contributed by atoms with van der Waals surface area (Å²) in [4.78, 5) is 10.5. The van der Waals surface area contributed by atoms with E-state index < -0.39 is 21.9 Å². The summed E-state index contributed by atoms with van der Waals surface area (Å²) in [6, 6.07) is 6.25. The molecule has 8 nitrogen and oxygen atoms in total. The number of hydrogen-bond donors (Lipinski definition) is 2. The van der Waals surface area contributed by atoms with Crippen molar-refractivity contribution < 1.29 is 22.7 Å². The number of benzene rings is 1. The molecule has 0 spiro atoms. The van der Waals surface area contributed by atoms with Crippen molar-refractivity contribution in [2.75, 3.05) is 20.6 Å². The molecule has 1 amide bonds. The zero-order chi connectivity index (χ0) is 21.1. The van der Waals surface area contributed by atoms with E-state index in [2.05, 4.69) is 5.10 Å². The number of amides is 1. The summed E-state index contributed by atoms with van der Waals surface area (Å²) in [5.74, 6) is -0.617. The van der Waals surface area contributed by atoms with Crippen molar-refractivity contribution >= 4 is 27.7 Å². The summed E-state index contributed by atoms with van der Waals surface area (Å²) in [5.41, 5.74) is 1.53. The highest BCUT2D eigenvalue weighted by Gasteiger charge is 2.21. The standard InChI is InChI=1S/C17H20ClFN4O4S/c1-11-15(12-5-4-6-14(9-12)28(26,27)22(2)3)16(18)23(21-11)10-13(19)7-8-20-17(24)25/h4-7,9,20H,8,10H2,1-3H3,(H,24,25). The second-order valence-corrected chi connectivity index (χ2v) is 8.57. The van der Waals surface area contributed by atoms with Crippen LogP contribution in [0.1, 0.15) is 5.69 Å². The van der Waals surface area contributed by atoms with E-state index in [1.54, 1.807) is 19.1 Å². The maximum atomic E-state index is 14.0. The Bertz CT molecular complexity index is 1020. The number of allylic oxidation sites excluding steroid dienone is 1. The first kappa shape index (κ1) is 21.9. The maximum Gasteiger partial charge on any atom is 0.404 e. The number of rotatable bonds is 7. The topological polar surface area (TPSA) is 105 Å². The number of halogens is 2. The zero-order valence-electron chi connectivity index (χ0n) is 15.5. The van der Waals surface area contributed by atoms with Crippen LogP contribution in [-0.4, -0.2) is 54.3 Å². The molecule has 11 heteroatoms. The highest BCUT2D eigenvalue weighted by Crippen LogP contribution is 2.33. The lowest BCUT2D eigenvalue weighted by atomic mass is 10.1. The van der Waals surface area contributed by atoms with Gasteiger partial charge in [0.1, 0.15) is 11.0 Å². The second kappa shape index (κ2) is 8.72. The first-order chi connectivity index (χ1) is 13.0. The third kappa shape index (κ3) is 4.89. The molecule has 0 saturated heterocycles. The molecule has 0 radical (unpaired) electrons. The lowest BCUT2D eigenvalue weighted by molar-refractivity contribution is 0.195. The predicted octanol–water partition coefficient (Wildman–Crippen LogP) is 2.88. The molecule has 1 aromatic heterocycles. The number of nitrogens with zero attached hydrogens (tertiary/aromatic N) is 3. The Kier molecular flexibility index (Phi) is 6.81. The van der Waals surface area contributed by atoms with E-state index in [-0.39, 0.29) is 23.1 Å². The lowest BCUT2D eigenvalue weighted by Gasteiger charge is -2.12. The van der Waals surface area contributed by atoms with Crippen LogP contribution < -0.4 is 5.32 Å². The van der Waals surface area contributed by atoms with Crippen LogP contribution in [0.3, 0.4) is 0 Å². The van der Waals surface area contributed by atoms with Crippen molar-refractivity contribution in [3.05, 3.63) is 47.0 Å². The summed E-state index contributed by atoms with van der Waals surface area (Å²) in [6.07, 6.45) is -0.183. The van der Waals surface area contributed by atoms with Gasteiger partial charge in [-0.3, -0.25) is 0 Å². The fourth-order valence-electron chi connectivity index (χ4n) is 2.47. The summed E-state index contributed by atoms with van der Waals surface area (Å²) in [6.45, 7) is 1.21. The molecule has 1 heterocycles. The van der Waals surface area contributed by atoms with Crippen LogP contribution in [0.15, 0.2) is 41.1 Å². The van der Waals surface area contributed by atoms with Crippen LogP contribution in [0.25, 0.3) is 11.1 Å². The molecule has 152 valence electrons. The van der Waals surface area contributed by atoms with E-state index >= 15 is 0 Å². The summed E-state index contributed by atoms with van der Waals surface area (Å²) in [7, 11) is -0.749. The monoisotopic (exact) mass is 430 g/mol. The summed E-state index contributed by atoms with van der Waals surface area (Å²) >= 11 is 6.36. The summed E-state index contributed by atoms with van der Waals surface area (Å²) < 4.78 is 41.0. The molecule has 2 rings (SSSR count). The van der Waals surface area contributed by atoms with Crippen molar-refractivity contribution in [1.82, 2.24) is 19.4 Å². The molecule has 0 bridgehead atoms. The van der Waals surface area contributed by atoms with Crippen LogP contribution in [0, 0.1) is 6.92 Å². The highest BCUT2D eigenvalue weighted by molar-refractivity contribution is 7.89. The number of hydrogen-bond acceptors (Lipinski definition) is 4. The van der Waals surface area contributed by atoms with Crippen LogP contribution in [-0.2, 0) is 16.6 Å². The Hall–Kier alpha value is -2.43. The first-order valence-corrected chi connectivity index (χ1v) is 9.93. The Morgan fingerprint density at radius 3 is 2.71 bits per heavy atom. The van der Waals surface area contributed by atoms with E-state index in [1.165, 1.54) is 30.9 Å². The molecule has 0 atom stereocenters. The molecular weight excluding hydrogens is 411 g/mol. The van der Waals surface area contributed by atoms with Crippen molar-refractivity contribution in [2.45, 2.75) is 18.4 Å². The van der Waals surface area contributed by atoms with Crippen LogP contribution in [0.5, 0.6) is 0 Å². The zero-order valence-corrected chi connectivity index (χ0v) is 17.1. The highest BCUT2D eigenvalue weighted by atomic mass is 35.5. The number of aromatic nitrogens is 2.